The van der Waals surface area contributed by atoms with Gasteiger partial charge in [0.15, 0.2) is 0 Å². The molecule has 300 valence electrons. The van der Waals surface area contributed by atoms with Crippen molar-refractivity contribution in [1.29, 1.82) is 0 Å². The molecular formula is C61H51N. The van der Waals surface area contributed by atoms with Crippen molar-refractivity contribution in [3.05, 3.63) is 242 Å². The molecule has 0 N–H and O–H groups in total. The normalized spacial score (nSPS) is 12.5. The molecule has 0 saturated heterocycles. The quantitative estimate of drug-likeness (QED) is 0.132. The van der Waals surface area contributed by atoms with Crippen molar-refractivity contribution in [1.82, 2.24) is 0 Å². The predicted octanol–water partition coefficient (Wildman–Crippen LogP) is 17.6. The average molecular weight is 798 g/mol. The highest BCUT2D eigenvalue weighted by molar-refractivity contribution is 6.03. The molecule has 9 aromatic carbocycles. The maximum absolute atomic E-state index is 4.24. The Labute approximate surface area is 367 Å². The zero-order valence-corrected chi connectivity index (χ0v) is 36.1. The zero-order chi connectivity index (χ0) is 42.8. The van der Waals surface area contributed by atoms with Gasteiger partial charge in [-0.15, -0.1) is 0 Å². The van der Waals surface area contributed by atoms with Crippen LogP contribution < -0.4 is 4.90 Å². The van der Waals surface area contributed by atoms with E-state index in [2.05, 4.69) is 226 Å². The molecule has 0 bridgehead atoms. The molecule has 0 spiro atoms. The van der Waals surface area contributed by atoms with Gasteiger partial charge in [-0.3, -0.25) is 0 Å². The van der Waals surface area contributed by atoms with Crippen LogP contribution in [0.1, 0.15) is 44.4 Å². The first-order valence-electron chi connectivity index (χ1n) is 21.7. The largest absolute Gasteiger partial charge is 0.310 e. The third-order valence-corrected chi connectivity index (χ3v) is 12.4. The molecule has 0 amide bonds. The van der Waals surface area contributed by atoms with Crippen molar-refractivity contribution >= 4 is 44.2 Å². The van der Waals surface area contributed by atoms with Gasteiger partial charge in [-0.2, -0.15) is 0 Å². The number of allylic oxidation sites excluding steroid dienone is 4. The van der Waals surface area contributed by atoms with E-state index in [1.165, 1.54) is 71.6 Å². The predicted molar refractivity (Wildman–Crippen MR) is 270 cm³/mol. The van der Waals surface area contributed by atoms with Crippen LogP contribution in [0, 0.1) is 0 Å². The number of fused-ring (bicyclic) bond motifs is 5. The lowest BCUT2D eigenvalue weighted by molar-refractivity contribution is 0.660. The fourth-order valence-electron chi connectivity index (χ4n) is 9.50. The second-order valence-electron chi connectivity index (χ2n) is 16.2. The molecule has 0 aliphatic heterocycles. The molecule has 1 aliphatic carbocycles. The first-order valence-corrected chi connectivity index (χ1v) is 21.7. The van der Waals surface area contributed by atoms with E-state index in [4.69, 9.17) is 0 Å². The number of nitrogens with zero attached hydrogens (tertiary/aromatic N) is 1. The van der Waals surface area contributed by atoms with Crippen molar-refractivity contribution in [2.75, 3.05) is 4.90 Å². The molecule has 0 atom stereocenters. The second-order valence-corrected chi connectivity index (χ2v) is 16.2. The minimum Gasteiger partial charge on any atom is -0.310 e. The molecule has 0 radical (unpaired) electrons. The molecule has 0 aromatic heterocycles. The van der Waals surface area contributed by atoms with Crippen LogP contribution in [0.5, 0.6) is 0 Å². The summed E-state index contributed by atoms with van der Waals surface area (Å²) in [4.78, 5) is 2.45. The summed E-state index contributed by atoms with van der Waals surface area (Å²) in [6.45, 7) is 17.0. The molecule has 1 nitrogen and oxygen atoms in total. The van der Waals surface area contributed by atoms with Crippen molar-refractivity contribution in [3.8, 4) is 44.5 Å². The lowest BCUT2D eigenvalue weighted by Crippen LogP contribution is -2.16. The Morgan fingerprint density at radius 1 is 0.435 bits per heavy atom. The molecule has 0 saturated carbocycles. The Kier molecular flexibility index (Phi) is 10.9. The number of hydrogen-bond donors (Lipinski definition) is 0. The summed E-state index contributed by atoms with van der Waals surface area (Å²) in [5.74, 6) is 0. The first-order chi connectivity index (χ1) is 30.4. The van der Waals surface area contributed by atoms with Gasteiger partial charge in [-0.1, -0.05) is 217 Å². The minimum atomic E-state index is -0.162. The van der Waals surface area contributed by atoms with E-state index < -0.39 is 0 Å². The Morgan fingerprint density at radius 2 is 0.935 bits per heavy atom. The van der Waals surface area contributed by atoms with Crippen LogP contribution >= 0.6 is 0 Å². The van der Waals surface area contributed by atoms with Crippen molar-refractivity contribution in [2.24, 2.45) is 0 Å². The van der Waals surface area contributed by atoms with Gasteiger partial charge in [-0.25, -0.2) is 0 Å². The van der Waals surface area contributed by atoms with E-state index in [1.807, 2.05) is 32.1 Å². The Balaban J connectivity index is 0.00000242. The molecule has 0 heterocycles. The van der Waals surface area contributed by atoms with E-state index in [0.29, 0.717) is 0 Å². The van der Waals surface area contributed by atoms with Gasteiger partial charge >= 0.3 is 0 Å². The number of anilines is 3. The van der Waals surface area contributed by atoms with Crippen molar-refractivity contribution in [3.63, 3.8) is 0 Å². The summed E-state index contributed by atoms with van der Waals surface area (Å²) >= 11 is 0. The lowest BCUT2D eigenvalue weighted by atomic mass is 9.82. The Hall–Kier alpha value is -7.48. The summed E-state index contributed by atoms with van der Waals surface area (Å²) in [5, 5.41) is 4.85. The minimum absolute atomic E-state index is 0.162. The number of benzene rings is 9. The van der Waals surface area contributed by atoms with Crippen LogP contribution in [-0.4, -0.2) is 0 Å². The SMILES string of the molecule is C=C/C=C(\C=C)c1ccc(N(c2ccc(-c3ccccc3)c(-c3cccc4ccccc34)c2)c2ccc3c(c2)C(C)(C)c2ccccc2-3)cc1-c1cccc2ccccc12.CC. The third kappa shape index (κ3) is 6.96. The highest BCUT2D eigenvalue weighted by Crippen LogP contribution is 2.51. The van der Waals surface area contributed by atoms with E-state index >= 15 is 0 Å². The number of hydrogen-bond acceptors (Lipinski definition) is 1. The lowest BCUT2D eigenvalue weighted by Gasteiger charge is -2.30. The Morgan fingerprint density at radius 3 is 1.60 bits per heavy atom. The van der Waals surface area contributed by atoms with Gasteiger partial charge in [0.1, 0.15) is 0 Å². The molecule has 0 unspecified atom stereocenters. The van der Waals surface area contributed by atoms with Crippen LogP contribution in [0.4, 0.5) is 17.1 Å². The average Bonchev–Trinajstić information content (AvgIpc) is 3.56. The summed E-state index contributed by atoms with van der Waals surface area (Å²) in [6.07, 6.45) is 5.83. The third-order valence-electron chi connectivity index (χ3n) is 12.4. The smallest absolute Gasteiger partial charge is 0.0468 e. The molecule has 1 aliphatic rings. The van der Waals surface area contributed by atoms with Crippen LogP contribution in [0.2, 0.25) is 0 Å². The molecule has 10 rings (SSSR count). The van der Waals surface area contributed by atoms with Gasteiger partial charge in [0.2, 0.25) is 0 Å². The van der Waals surface area contributed by atoms with Gasteiger partial charge < -0.3 is 4.90 Å². The van der Waals surface area contributed by atoms with Crippen molar-refractivity contribution < 1.29 is 0 Å². The Bertz CT molecular complexity index is 3150. The molecule has 0 fully saturated rings. The van der Waals surface area contributed by atoms with Crippen LogP contribution in [-0.2, 0) is 5.41 Å². The summed E-state index contributed by atoms with van der Waals surface area (Å²) < 4.78 is 0. The molecule has 9 aromatic rings. The zero-order valence-electron chi connectivity index (χ0n) is 36.1. The topological polar surface area (TPSA) is 3.24 Å². The van der Waals surface area contributed by atoms with Gasteiger partial charge in [-0.05, 0) is 125 Å². The maximum Gasteiger partial charge on any atom is 0.0468 e. The number of rotatable bonds is 9. The molecule has 62 heavy (non-hydrogen) atoms. The summed E-state index contributed by atoms with van der Waals surface area (Å²) in [7, 11) is 0. The summed E-state index contributed by atoms with van der Waals surface area (Å²) in [5.41, 5.74) is 17.6. The highest BCUT2D eigenvalue weighted by atomic mass is 15.1. The van der Waals surface area contributed by atoms with Gasteiger partial charge in [0, 0.05) is 22.5 Å². The maximum atomic E-state index is 4.24. The van der Waals surface area contributed by atoms with Crippen molar-refractivity contribution in [2.45, 2.75) is 33.1 Å². The van der Waals surface area contributed by atoms with Crippen LogP contribution in [0.25, 0.3) is 71.6 Å². The highest BCUT2D eigenvalue weighted by Gasteiger charge is 2.36. The van der Waals surface area contributed by atoms with Gasteiger partial charge in [0.25, 0.3) is 0 Å². The van der Waals surface area contributed by atoms with Crippen LogP contribution in [0.3, 0.4) is 0 Å². The van der Waals surface area contributed by atoms with E-state index in [9.17, 15) is 0 Å². The molecule has 1 heteroatoms. The van der Waals surface area contributed by atoms with E-state index in [-0.39, 0.29) is 5.41 Å². The van der Waals surface area contributed by atoms with Crippen LogP contribution in [0.15, 0.2) is 226 Å². The van der Waals surface area contributed by atoms with E-state index in [1.54, 1.807) is 0 Å². The second kappa shape index (κ2) is 16.9. The fraction of sp³-hybridized carbons (Fsp3) is 0.0820. The first kappa shape index (κ1) is 40.0. The summed E-state index contributed by atoms with van der Waals surface area (Å²) in [6, 6.07) is 71.2. The van der Waals surface area contributed by atoms with E-state index in [0.717, 1.165) is 33.8 Å². The fourth-order valence-corrected chi connectivity index (χ4v) is 9.50. The standard InChI is InChI=1S/C59H45N.C2H6/c1-5-18-40(6-2)49-34-31-44(37-55(49)51-28-16-23-42-21-10-12-25-47(42)51)60(46-33-36-54-53-27-14-15-30-57(53)59(3,4)58(54)39-46)45-32-35-50(41-19-8-7-9-20-41)56(38-45)52-29-17-24-43-22-11-13-26-48(43)52;1-2/h5-39H,1-2H2,3-4H3;1-2H3/b40-18+;. The van der Waals surface area contributed by atoms with Gasteiger partial charge in [0.05, 0.1) is 0 Å². The monoisotopic (exact) mass is 797 g/mol. The molecular weight excluding hydrogens is 747 g/mol.